The van der Waals surface area contributed by atoms with E-state index in [2.05, 4.69) is 6.58 Å². The average Bonchev–Trinajstić information content (AvgIpc) is 2.00. The fraction of sp³-hybridized carbons (Fsp3) is 0.625. The van der Waals surface area contributed by atoms with Crippen molar-refractivity contribution in [3.63, 3.8) is 0 Å². The van der Waals surface area contributed by atoms with Gasteiger partial charge in [-0.1, -0.05) is 6.58 Å². The van der Waals surface area contributed by atoms with Gasteiger partial charge in [-0.2, -0.15) is 0 Å². The Bertz CT molecular complexity index is 111. The van der Waals surface area contributed by atoms with E-state index in [4.69, 9.17) is 5.11 Å². The SMILES string of the molecule is C=C1CCCCC1=O.CO. The van der Waals surface area contributed by atoms with Crippen LogP contribution in [-0.4, -0.2) is 18.0 Å². The third-order valence-corrected chi connectivity index (χ3v) is 1.53. The number of carbonyl (C=O) groups excluding carboxylic acids is 1. The third kappa shape index (κ3) is 2.78. The summed E-state index contributed by atoms with van der Waals surface area (Å²) in [7, 11) is 1.00. The maximum absolute atomic E-state index is 10.7. The van der Waals surface area contributed by atoms with Gasteiger partial charge in [0, 0.05) is 13.5 Å². The summed E-state index contributed by atoms with van der Waals surface area (Å²) in [6.45, 7) is 3.65. The van der Waals surface area contributed by atoms with Crippen molar-refractivity contribution in [2.24, 2.45) is 0 Å². The molecule has 0 radical (unpaired) electrons. The first-order chi connectivity index (χ1) is 4.80. The molecule has 0 spiro atoms. The lowest BCUT2D eigenvalue weighted by atomic mass is 9.95. The minimum atomic E-state index is 0.274. The zero-order valence-electron chi connectivity index (χ0n) is 6.39. The van der Waals surface area contributed by atoms with Gasteiger partial charge in [-0.05, 0) is 24.8 Å². The molecule has 0 aromatic heterocycles. The van der Waals surface area contributed by atoms with Crippen LogP contribution >= 0.6 is 0 Å². The topological polar surface area (TPSA) is 37.3 Å². The summed E-state index contributed by atoms with van der Waals surface area (Å²) in [6, 6.07) is 0. The molecule has 58 valence electrons. The van der Waals surface area contributed by atoms with Crippen molar-refractivity contribution >= 4 is 5.78 Å². The Morgan fingerprint density at radius 2 is 1.80 bits per heavy atom. The van der Waals surface area contributed by atoms with Crippen molar-refractivity contribution in [2.45, 2.75) is 25.7 Å². The smallest absolute Gasteiger partial charge is 0.158 e. The van der Waals surface area contributed by atoms with E-state index < -0.39 is 0 Å². The monoisotopic (exact) mass is 142 g/mol. The van der Waals surface area contributed by atoms with Crippen LogP contribution in [0.1, 0.15) is 25.7 Å². The Hall–Kier alpha value is -0.630. The zero-order valence-corrected chi connectivity index (χ0v) is 6.39. The first-order valence-corrected chi connectivity index (χ1v) is 3.46. The van der Waals surface area contributed by atoms with Gasteiger partial charge >= 0.3 is 0 Å². The predicted octanol–water partition coefficient (Wildman–Crippen LogP) is 1.29. The van der Waals surface area contributed by atoms with Crippen molar-refractivity contribution in [3.8, 4) is 0 Å². The van der Waals surface area contributed by atoms with Crippen molar-refractivity contribution in [1.29, 1.82) is 0 Å². The second-order valence-electron chi connectivity index (χ2n) is 2.23. The highest BCUT2D eigenvalue weighted by Crippen LogP contribution is 2.17. The number of hydrogen-bond donors (Lipinski definition) is 1. The van der Waals surface area contributed by atoms with Crippen LogP contribution in [0, 0.1) is 0 Å². The van der Waals surface area contributed by atoms with E-state index in [0.717, 1.165) is 38.4 Å². The Morgan fingerprint density at radius 3 is 2.10 bits per heavy atom. The van der Waals surface area contributed by atoms with Crippen LogP contribution in [0.2, 0.25) is 0 Å². The van der Waals surface area contributed by atoms with Crippen molar-refractivity contribution in [2.75, 3.05) is 7.11 Å². The van der Waals surface area contributed by atoms with Gasteiger partial charge in [0.15, 0.2) is 5.78 Å². The first kappa shape index (κ1) is 9.37. The summed E-state index contributed by atoms with van der Waals surface area (Å²) in [5.41, 5.74) is 0.830. The first-order valence-electron chi connectivity index (χ1n) is 3.46. The molecule has 0 unspecified atom stereocenters. The largest absolute Gasteiger partial charge is 0.400 e. The zero-order chi connectivity index (χ0) is 7.98. The van der Waals surface area contributed by atoms with Crippen LogP contribution in [0.25, 0.3) is 0 Å². The van der Waals surface area contributed by atoms with E-state index >= 15 is 0 Å². The van der Waals surface area contributed by atoms with Crippen molar-refractivity contribution < 1.29 is 9.90 Å². The van der Waals surface area contributed by atoms with E-state index in [-0.39, 0.29) is 5.78 Å². The predicted molar refractivity (Wildman–Crippen MR) is 40.8 cm³/mol. The standard InChI is InChI=1S/C7H10O.CH4O/c1-6-4-2-3-5-7(6)8;1-2/h1-5H2;2H,1H3. The summed E-state index contributed by atoms with van der Waals surface area (Å²) >= 11 is 0. The lowest BCUT2D eigenvalue weighted by Crippen LogP contribution is -2.06. The molecule has 1 rings (SSSR count). The molecule has 1 saturated carbocycles. The van der Waals surface area contributed by atoms with E-state index in [1.165, 1.54) is 0 Å². The number of Topliss-reactive ketones (excluding diaryl/α,β-unsaturated/α-hetero) is 1. The van der Waals surface area contributed by atoms with Crippen LogP contribution in [0.3, 0.4) is 0 Å². The third-order valence-electron chi connectivity index (χ3n) is 1.53. The summed E-state index contributed by atoms with van der Waals surface area (Å²) in [5.74, 6) is 0.274. The molecule has 2 nitrogen and oxygen atoms in total. The number of allylic oxidation sites excluding steroid dienone is 1. The average molecular weight is 142 g/mol. The highest BCUT2D eigenvalue weighted by Gasteiger charge is 2.11. The summed E-state index contributed by atoms with van der Waals surface area (Å²) in [5, 5.41) is 7.00. The molecule has 0 aromatic rings. The molecule has 0 atom stereocenters. The minimum absolute atomic E-state index is 0.274. The molecule has 1 aliphatic carbocycles. The maximum atomic E-state index is 10.7. The van der Waals surface area contributed by atoms with Crippen LogP contribution in [0.5, 0.6) is 0 Å². The molecule has 2 heteroatoms. The van der Waals surface area contributed by atoms with Crippen molar-refractivity contribution in [3.05, 3.63) is 12.2 Å². The number of rotatable bonds is 0. The summed E-state index contributed by atoms with van der Waals surface area (Å²) < 4.78 is 0. The molecular formula is C8H14O2. The second kappa shape index (κ2) is 5.18. The molecule has 10 heavy (non-hydrogen) atoms. The molecule has 0 aliphatic heterocycles. The van der Waals surface area contributed by atoms with Crippen LogP contribution in [0.15, 0.2) is 12.2 Å². The van der Waals surface area contributed by atoms with E-state index in [1.807, 2.05) is 0 Å². The fourth-order valence-corrected chi connectivity index (χ4v) is 0.940. The molecule has 0 aromatic carbocycles. The van der Waals surface area contributed by atoms with Crippen molar-refractivity contribution in [1.82, 2.24) is 0 Å². The Labute approximate surface area is 61.6 Å². The van der Waals surface area contributed by atoms with E-state index in [0.29, 0.717) is 0 Å². The Kier molecular flexibility index (Phi) is 4.85. The molecule has 0 saturated heterocycles. The molecule has 0 amide bonds. The minimum Gasteiger partial charge on any atom is -0.400 e. The number of aliphatic hydroxyl groups is 1. The molecule has 0 bridgehead atoms. The number of carbonyl (C=O) groups is 1. The van der Waals surface area contributed by atoms with Gasteiger partial charge in [0.05, 0.1) is 0 Å². The van der Waals surface area contributed by atoms with Gasteiger partial charge in [0.1, 0.15) is 0 Å². The summed E-state index contributed by atoms with van der Waals surface area (Å²) in [4.78, 5) is 10.7. The lowest BCUT2D eigenvalue weighted by Gasteiger charge is -2.09. The van der Waals surface area contributed by atoms with Gasteiger partial charge in [0.2, 0.25) is 0 Å². The number of ketones is 1. The quantitative estimate of drug-likeness (QED) is 0.517. The van der Waals surface area contributed by atoms with Gasteiger partial charge in [-0.25, -0.2) is 0 Å². The van der Waals surface area contributed by atoms with E-state index in [1.54, 1.807) is 0 Å². The van der Waals surface area contributed by atoms with Crippen LogP contribution < -0.4 is 0 Å². The molecule has 1 N–H and O–H groups in total. The number of aliphatic hydroxyl groups excluding tert-OH is 1. The second-order valence-corrected chi connectivity index (χ2v) is 2.23. The van der Waals surface area contributed by atoms with Gasteiger partial charge < -0.3 is 5.11 Å². The highest BCUT2D eigenvalue weighted by molar-refractivity contribution is 5.95. The normalized spacial score (nSPS) is 17.8. The van der Waals surface area contributed by atoms with Crippen LogP contribution in [0.4, 0.5) is 0 Å². The van der Waals surface area contributed by atoms with Gasteiger partial charge in [-0.15, -0.1) is 0 Å². The Morgan fingerprint density at radius 1 is 1.30 bits per heavy atom. The molecule has 0 heterocycles. The Balaban J connectivity index is 0.000000371. The van der Waals surface area contributed by atoms with Gasteiger partial charge in [0.25, 0.3) is 0 Å². The number of hydrogen-bond acceptors (Lipinski definition) is 2. The van der Waals surface area contributed by atoms with E-state index in [9.17, 15) is 4.79 Å². The molecular weight excluding hydrogens is 128 g/mol. The molecule has 1 aliphatic rings. The van der Waals surface area contributed by atoms with Crippen LogP contribution in [-0.2, 0) is 4.79 Å². The molecule has 1 fully saturated rings. The lowest BCUT2D eigenvalue weighted by molar-refractivity contribution is -0.116. The van der Waals surface area contributed by atoms with Gasteiger partial charge in [-0.3, -0.25) is 4.79 Å². The maximum Gasteiger partial charge on any atom is 0.158 e. The summed E-state index contributed by atoms with van der Waals surface area (Å²) in [6.07, 6.45) is 3.89. The fourth-order valence-electron chi connectivity index (χ4n) is 0.940. The highest BCUT2D eigenvalue weighted by atomic mass is 16.2.